The third kappa shape index (κ3) is 3.57. The Morgan fingerprint density at radius 2 is 1.68 bits per heavy atom. The van der Waals surface area contributed by atoms with Gasteiger partial charge in [-0.1, -0.05) is 85.7 Å². The quantitative estimate of drug-likeness (QED) is 0.711. The van der Waals surface area contributed by atoms with Crippen molar-refractivity contribution in [3.8, 4) is 0 Å². The van der Waals surface area contributed by atoms with Gasteiger partial charge in [0.05, 0.1) is 0 Å². The molecular formula is C24H29N. The molecule has 130 valence electrons. The van der Waals surface area contributed by atoms with Gasteiger partial charge >= 0.3 is 0 Å². The molecule has 1 saturated carbocycles. The van der Waals surface area contributed by atoms with Crippen LogP contribution in [0.3, 0.4) is 0 Å². The number of piperidine rings is 1. The van der Waals surface area contributed by atoms with Crippen molar-refractivity contribution in [1.29, 1.82) is 0 Å². The second-order valence-electron chi connectivity index (χ2n) is 7.79. The minimum Gasteiger partial charge on any atom is -0.299 e. The number of nitrogens with zero attached hydrogens (tertiary/aromatic N) is 1. The molecular weight excluding hydrogens is 302 g/mol. The summed E-state index contributed by atoms with van der Waals surface area (Å²) in [5.41, 5.74) is 3.34. The summed E-state index contributed by atoms with van der Waals surface area (Å²) in [4.78, 5) is 2.66. The molecule has 1 heterocycles. The van der Waals surface area contributed by atoms with E-state index < -0.39 is 0 Å². The molecule has 2 aromatic carbocycles. The number of hydrogen-bond donors (Lipinski definition) is 0. The molecule has 0 bridgehead atoms. The second-order valence-corrected chi connectivity index (χ2v) is 7.79. The molecule has 2 fully saturated rings. The van der Waals surface area contributed by atoms with E-state index in [1.807, 2.05) is 0 Å². The van der Waals surface area contributed by atoms with Crippen LogP contribution < -0.4 is 0 Å². The van der Waals surface area contributed by atoms with Crippen molar-refractivity contribution in [2.45, 2.75) is 37.5 Å². The first-order valence-electron chi connectivity index (χ1n) is 9.86. The van der Waals surface area contributed by atoms with E-state index in [0.29, 0.717) is 5.41 Å². The Morgan fingerprint density at radius 3 is 2.48 bits per heavy atom. The van der Waals surface area contributed by atoms with Gasteiger partial charge in [-0.15, -0.1) is 0 Å². The highest BCUT2D eigenvalue weighted by molar-refractivity contribution is 5.48. The van der Waals surface area contributed by atoms with Gasteiger partial charge in [-0.05, 0) is 42.9 Å². The monoisotopic (exact) mass is 331 g/mol. The Labute approximate surface area is 152 Å². The van der Waals surface area contributed by atoms with Crippen molar-refractivity contribution in [3.63, 3.8) is 0 Å². The van der Waals surface area contributed by atoms with E-state index in [2.05, 4.69) is 77.7 Å². The van der Waals surface area contributed by atoms with Crippen LogP contribution in [0.15, 0.2) is 66.7 Å². The summed E-state index contributed by atoms with van der Waals surface area (Å²) in [6, 6.07) is 22.0. The first kappa shape index (κ1) is 16.6. The molecule has 0 amide bonds. The highest BCUT2D eigenvalue weighted by atomic mass is 15.1. The molecule has 2 atom stereocenters. The summed E-state index contributed by atoms with van der Waals surface area (Å²) in [7, 11) is 0. The van der Waals surface area contributed by atoms with Gasteiger partial charge in [0.1, 0.15) is 0 Å². The lowest BCUT2D eigenvalue weighted by Gasteiger charge is -2.51. The third-order valence-electron chi connectivity index (χ3n) is 6.38. The summed E-state index contributed by atoms with van der Waals surface area (Å²) in [6.45, 7) is 3.56. The molecule has 0 spiro atoms. The fourth-order valence-corrected chi connectivity index (χ4v) is 5.03. The lowest BCUT2D eigenvalue weighted by molar-refractivity contribution is 0.0629. The Bertz CT molecular complexity index is 691. The van der Waals surface area contributed by atoms with Crippen LogP contribution in [-0.4, -0.2) is 24.5 Å². The summed E-state index contributed by atoms with van der Waals surface area (Å²) in [5.74, 6) is 0.822. The van der Waals surface area contributed by atoms with Crippen molar-refractivity contribution in [1.82, 2.24) is 4.90 Å². The SMILES string of the molecule is C(=Cc1ccccc1)CN1CC[C@@]2(c3ccccc3)CCCC[C@H]2C1. The van der Waals surface area contributed by atoms with Crippen molar-refractivity contribution < 1.29 is 0 Å². The van der Waals surface area contributed by atoms with Crippen LogP contribution in [-0.2, 0) is 5.41 Å². The minimum atomic E-state index is 0.444. The number of hydrogen-bond acceptors (Lipinski definition) is 1. The van der Waals surface area contributed by atoms with Gasteiger partial charge in [-0.25, -0.2) is 0 Å². The van der Waals surface area contributed by atoms with Crippen LogP contribution in [0.2, 0.25) is 0 Å². The number of benzene rings is 2. The van der Waals surface area contributed by atoms with Gasteiger partial charge in [0.25, 0.3) is 0 Å². The molecule has 25 heavy (non-hydrogen) atoms. The van der Waals surface area contributed by atoms with E-state index in [-0.39, 0.29) is 0 Å². The first-order valence-corrected chi connectivity index (χ1v) is 9.86. The third-order valence-corrected chi connectivity index (χ3v) is 6.38. The smallest absolute Gasteiger partial charge is 0.0166 e. The van der Waals surface area contributed by atoms with E-state index in [4.69, 9.17) is 0 Å². The zero-order valence-corrected chi connectivity index (χ0v) is 15.1. The van der Waals surface area contributed by atoms with Crippen molar-refractivity contribution in [3.05, 3.63) is 77.9 Å². The van der Waals surface area contributed by atoms with E-state index in [1.165, 1.54) is 50.8 Å². The van der Waals surface area contributed by atoms with E-state index in [1.54, 1.807) is 5.56 Å². The first-order chi connectivity index (χ1) is 12.4. The summed E-state index contributed by atoms with van der Waals surface area (Å²) in [6.07, 6.45) is 11.5. The zero-order chi connectivity index (χ0) is 17.0. The Balaban J connectivity index is 1.44. The van der Waals surface area contributed by atoms with Gasteiger partial charge in [-0.3, -0.25) is 4.90 Å². The molecule has 0 radical (unpaired) electrons. The van der Waals surface area contributed by atoms with Crippen LogP contribution in [0.4, 0.5) is 0 Å². The largest absolute Gasteiger partial charge is 0.299 e. The van der Waals surface area contributed by atoms with Crippen LogP contribution in [0.1, 0.15) is 43.2 Å². The van der Waals surface area contributed by atoms with Crippen molar-refractivity contribution in [2.24, 2.45) is 5.92 Å². The van der Waals surface area contributed by atoms with E-state index in [0.717, 1.165) is 12.5 Å². The van der Waals surface area contributed by atoms with Gasteiger partial charge in [0, 0.05) is 18.5 Å². The van der Waals surface area contributed by atoms with Gasteiger partial charge in [0.2, 0.25) is 0 Å². The molecule has 1 saturated heterocycles. The molecule has 1 heteroatoms. The van der Waals surface area contributed by atoms with Gasteiger partial charge in [0.15, 0.2) is 0 Å². The standard InChI is InChI=1S/C24H29N/c1-3-10-21(11-4-1)12-9-18-25-19-17-24(22-13-5-2-6-14-22)16-8-7-15-23(24)20-25/h1-6,9-14,23H,7-8,15-20H2/t23-,24+/m0/s1. The fourth-order valence-electron chi connectivity index (χ4n) is 5.03. The average Bonchev–Trinajstić information content (AvgIpc) is 2.69. The van der Waals surface area contributed by atoms with Crippen LogP contribution in [0.5, 0.6) is 0 Å². The summed E-state index contributed by atoms with van der Waals surface area (Å²) < 4.78 is 0. The van der Waals surface area contributed by atoms with E-state index >= 15 is 0 Å². The van der Waals surface area contributed by atoms with Crippen molar-refractivity contribution >= 4 is 6.08 Å². The predicted molar refractivity (Wildman–Crippen MR) is 107 cm³/mol. The fraction of sp³-hybridized carbons (Fsp3) is 0.417. The average molecular weight is 332 g/mol. The minimum absolute atomic E-state index is 0.444. The maximum atomic E-state index is 2.66. The van der Waals surface area contributed by atoms with Crippen molar-refractivity contribution in [2.75, 3.05) is 19.6 Å². The molecule has 1 aliphatic heterocycles. The topological polar surface area (TPSA) is 3.24 Å². The number of rotatable bonds is 4. The molecule has 0 unspecified atom stereocenters. The van der Waals surface area contributed by atoms with Crippen LogP contribution in [0.25, 0.3) is 6.08 Å². The van der Waals surface area contributed by atoms with Gasteiger partial charge in [-0.2, -0.15) is 0 Å². The predicted octanol–water partition coefficient (Wildman–Crippen LogP) is 5.53. The molecule has 2 aliphatic rings. The molecule has 4 rings (SSSR count). The molecule has 1 nitrogen and oxygen atoms in total. The maximum Gasteiger partial charge on any atom is 0.0166 e. The lowest BCUT2D eigenvalue weighted by Crippen LogP contribution is -2.51. The zero-order valence-electron chi connectivity index (χ0n) is 15.1. The van der Waals surface area contributed by atoms with Crippen LogP contribution >= 0.6 is 0 Å². The number of fused-ring (bicyclic) bond motifs is 1. The molecule has 1 aliphatic carbocycles. The van der Waals surface area contributed by atoms with Crippen LogP contribution in [0, 0.1) is 5.92 Å². The summed E-state index contributed by atoms with van der Waals surface area (Å²) >= 11 is 0. The summed E-state index contributed by atoms with van der Waals surface area (Å²) in [5, 5.41) is 0. The number of likely N-dealkylation sites (tertiary alicyclic amines) is 1. The highest BCUT2D eigenvalue weighted by Crippen LogP contribution is 2.48. The normalized spacial score (nSPS) is 27.3. The second kappa shape index (κ2) is 7.58. The lowest BCUT2D eigenvalue weighted by atomic mass is 9.59. The maximum absolute atomic E-state index is 2.66. The Morgan fingerprint density at radius 1 is 0.920 bits per heavy atom. The Hall–Kier alpha value is -1.86. The molecule has 0 aromatic heterocycles. The Kier molecular flexibility index (Phi) is 5.03. The highest BCUT2D eigenvalue weighted by Gasteiger charge is 2.44. The van der Waals surface area contributed by atoms with E-state index in [9.17, 15) is 0 Å². The van der Waals surface area contributed by atoms with Gasteiger partial charge < -0.3 is 0 Å². The molecule has 0 N–H and O–H groups in total. The molecule has 2 aromatic rings.